The molecule has 0 aliphatic heterocycles. The summed E-state index contributed by atoms with van der Waals surface area (Å²) in [6.45, 7) is 3.65. The summed E-state index contributed by atoms with van der Waals surface area (Å²) in [6.07, 6.45) is 0. The first-order valence-corrected chi connectivity index (χ1v) is 11.0. The van der Waals surface area contributed by atoms with Gasteiger partial charge in [-0.3, -0.25) is 9.59 Å². The molecule has 2 aromatic carbocycles. The van der Waals surface area contributed by atoms with E-state index in [1.165, 1.54) is 18.4 Å². The van der Waals surface area contributed by atoms with Crippen LogP contribution in [-0.2, 0) is 4.79 Å². The van der Waals surface area contributed by atoms with E-state index in [2.05, 4.69) is 15.7 Å². The molecule has 4 rings (SSSR count). The summed E-state index contributed by atoms with van der Waals surface area (Å²) in [4.78, 5) is 26.4. The molecule has 2 heterocycles. The maximum atomic E-state index is 12.7. The van der Waals surface area contributed by atoms with Gasteiger partial charge < -0.3 is 15.4 Å². The topological polar surface area (TPSA) is 85.2 Å². The summed E-state index contributed by atoms with van der Waals surface area (Å²) in [5.41, 5.74) is 3.17. The van der Waals surface area contributed by atoms with E-state index >= 15 is 0 Å². The van der Waals surface area contributed by atoms with Crippen molar-refractivity contribution in [1.29, 1.82) is 0 Å². The van der Waals surface area contributed by atoms with Crippen LogP contribution in [0.4, 0.5) is 5.69 Å². The molecule has 7 nitrogen and oxygen atoms in total. The van der Waals surface area contributed by atoms with Gasteiger partial charge in [0.05, 0.1) is 35.6 Å². The fourth-order valence-electron chi connectivity index (χ4n) is 3.30. The van der Waals surface area contributed by atoms with Crippen LogP contribution < -0.4 is 15.4 Å². The van der Waals surface area contributed by atoms with Crippen LogP contribution in [0.2, 0.25) is 5.02 Å². The van der Waals surface area contributed by atoms with E-state index in [0.29, 0.717) is 21.3 Å². The fourth-order valence-corrected chi connectivity index (χ4v) is 4.59. The van der Waals surface area contributed by atoms with E-state index in [1.54, 1.807) is 22.9 Å². The van der Waals surface area contributed by atoms with Gasteiger partial charge in [-0.05, 0) is 55.8 Å². The Kier molecular flexibility index (Phi) is 6.16. The molecule has 0 saturated carbocycles. The van der Waals surface area contributed by atoms with Crippen molar-refractivity contribution in [3.05, 3.63) is 69.7 Å². The lowest BCUT2D eigenvalue weighted by molar-refractivity contribution is -0.115. The summed E-state index contributed by atoms with van der Waals surface area (Å²) in [6, 6.07) is 14.6. The van der Waals surface area contributed by atoms with Crippen molar-refractivity contribution < 1.29 is 14.3 Å². The zero-order valence-electron chi connectivity index (χ0n) is 17.7. The number of carbonyl (C=O) groups is 2. The standard InChI is InChI=1S/C23H21ClN4O3S/c1-13-7-8-19(31-3)18(9-13)26-21(29)12-25-22(30)20-11-17-14(2)27-28(23(17)32-20)16-6-4-5-15(24)10-16/h4-11H,12H2,1-3H3,(H,25,30)(H,26,29). The molecule has 0 bridgehead atoms. The number of ether oxygens (including phenoxy) is 1. The molecule has 9 heteroatoms. The summed E-state index contributed by atoms with van der Waals surface area (Å²) < 4.78 is 7.04. The minimum Gasteiger partial charge on any atom is -0.495 e. The molecule has 0 aliphatic rings. The quantitative estimate of drug-likeness (QED) is 0.428. The van der Waals surface area contributed by atoms with E-state index in [-0.39, 0.29) is 18.4 Å². The average Bonchev–Trinajstić information content (AvgIpc) is 3.33. The molecule has 0 unspecified atom stereocenters. The number of methoxy groups -OCH3 is 1. The highest BCUT2D eigenvalue weighted by Gasteiger charge is 2.18. The Hall–Kier alpha value is -3.36. The Balaban J connectivity index is 1.48. The second-order valence-corrected chi connectivity index (χ2v) is 8.71. The van der Waals surface area contributed by atoms with Gasteiger partial charge in [-0.2, -0.15) is 5.10 Å². The Morgan fingerprint density at radius 2 is 1.97 bits per heavy atom. The Labute approximate surface area is 194 Å². The number of carbonyl (C=O) groups excluding carboxylic acids is 2. The minimum atomic E-state index is -0.343. The second kappa shape index (κ2) is 9.02. The van der Waals surface area contributed by atoms with Gasteiger partial charge in [0.1, 0.15) is 10.6 Å². The monoisotopic (exact) mass is 468 g/mol. The van der Waals surface area contributed by atoms with Crippen molar-refractivity contribution in [3.8, 4) is 11.4 Å². The first kappa shape index (κ1) is 21.9. The number of hydrogen-bond donors (Lipinski definition) is 2. The SMILES string of the molecule is COc1ccc(C)cc1NC(=O)CNC(=O)c1cc2c(C)nn(-c3cccc(Cl)c3)c2s1. The zero-order valence-corrected chi connectivity index (χ0v) is 19.3. The first-order chi connectivity index (χ1) is 15.4. The summed E-state index contributed by atoms with van der Waals surface area (Å²) in [7, 11) is 1.54. The molecule has 0 fully saturated rings. The van der Waals surface area contributed by atoms with Gasteiger partial charge in [-0.1, -0.05) is 23.7 Å². The van der Waals surface area contributed by atoms with Crippen molar-refractivity contribution in [3.63, 3.8) is 0 Å². The van der Waals surface area contributed by atoms with E-state index < -0.39 is 0 Å². The molecule has 4 aromatic rings. The van der Waals surface area contributed by atoms with Gasteiger partial charge in [0.25, 0.3) is 5.91 Å². The van der Waals surface area contributed by atoms with Crippen LogP contribution in [0.25, 0.3) is 15.9 Å². The van der Waals surface area contributed by atoms with E-state index in [1.807, 2.05) is 44.2 Å². The van der Waals surface area contributed by atoms with Crippen LogP contribution in [0, 0.1) is 13.8 Å². The van der Waals surface area contributed by atoms with Crippen molar-refractivity contribution in [2.45, 2.75) is 13.8 Å². The molecule has 0 saturated heterocycles. The molecule has 2 amide bonds. The fraction of sp³-hybridized carbons (Fsp3) is 0.174. The molecule has 2 N–H and O–H groups in total. The lowest BCUT2D eigenvalue weighted by Crippen LogP contribution is -2.32. The van der Waals surface area contributed by atoms with E-state index in [9.17, 15) is 9.59 Å². The van der Waals surface area contributed by atoms with Gasteiger partial charge in [0, 0.05) is 10.4 Å². The van der Waals surface area contributed by atoms with Crippen molar-refractivity contribution >= 4 is 50.7 Å². The van der Waals surface area contributed by atoms with E-state index in [0.717, 1.165) is 27.2 Å². The molecule has 0 atom stereocenters. The lowest BCUT2D eigenvalue weighted by Gasteiger charge is -2.11. The van der Waals surface area contributed by atoms with Gasteiger partial charge in [-0.15, -0.1) is 11.3 Å². The number of hydrogen-bond acceptors (Lipinski definition) is 5. The largest absolute Gasteiger partial charge is 0.495 e. The number of rotatable bonds is 6. The second-order valence-electron chi connectivity index (χ2n) is 7.24. The number of nitrogens with zero attached hydrogens (tertiary/aromatic N) is 2. The third kappa shape index (κ3) is 4.46. The van der Waals surface area contributed by atoms with Crippen LogP contribution in [0.5, 0.6) is 5.75 Å². The van der Waals surface area contributed by atoms with Crippen LogP contribution >= 0.6 is 22.9 Å². The number of thiophene rings is 1. The number of aryl methyl sites for hydroxylation is 2. The van der Waals surface area contributed by atoms with Crippen LogP contribution in [0.3, 0.4) is 0 Å². The van der Waals surface area contributed by atoms with Gasteiger partial charge in [-0.25, -0.2) is 4.68 Å². The third-order valence-electron chi connectivity index (χ3n) is 4.86. The zero-order chi connectivity index (χ0) is 22.8. The van der Waals surface area contributed by atoms with Gasteiger partial charge in [0.15, 0.2) is 0 Å². The highest BCUT2D eigenvalue weighted by molar-refractivity contribution is 7.20. The lowest BCUT2D eigenvalue weighted by atomic mass is 10.2. The average molecular weight is 469 g/mol. The van der Waals surface area contributed by atoms with Crippen molar-refractivity contribution in [1.82, 2.24) is 15.1 Å². The Bertz CT molecular complexity index is 1330. The molecular weight excluding hydrogens is 448 g/mol. The van der Waals surface area contributed by atoms with Crippen LogP contribution in [0.15, 0.2) is 48.5 Å². The molecule has 164 valence electrons. The number of fused-ring (bicyclic) bond motifs is 1. The predicted molar refractivity (Wildman–Crippen MR) is 127 cm³/mol. The predicted octanol–water partition coefficient (Wildman–Crippen LogP) is 4.73. The van der Waals surface area contributed by atoms with Crippen molar-refractivity contribution in [2.75, 3.05) is 19.0 Å². The molecule has 0 aliphatic carbocycles. The highest BCUT2D eigenvalue weighted by atomic mass is 35.5. The van der Waals surface area contributed by atoms with E-state index in [4.69, 9.17) is 16.3 Å². The number of nitrogens with one attached hydrogen (secondary N) is 2. The van der Waals surface area contributed by atoms with Gasteiger partial charge >= 0.3 is 0 Å². The summed E-state index contributed by atoms with van der Waals surface area (Å²) >= 11 is 7.43. The smallest absolute Gasteiger partial charge is 0.261 e. The molecule has 0 spiro atoms. The molecule has 2 aromatic heterocycles. The number of benzene rings is 2. The molecule has 0 radical (unpaired) electrons. The summed E-state index contributed by atoms with van der Waals surface area (Å²) in [5, 5.41) is 11.5. The summed E-state index contributed by atoms with van der Waals surface area (Å²) in [5.74, 6) is -0.111. The Morgan fingerprint density at radius 1 is 1.16 bits per heavy atom. The Morgan fingerprint density at radius 3 is 2.72 bits per heavy atom. The number of amides is 2. The number of halogens is 1. The highest BCUT2D eigenvalue weighted by Crippen LogP contribution is 2.31. The van der Waals surface area contributed by atoms with Crippen LogP contribution in [-0.4, -0.2) is 35.2 Å². The maximum Gasteiger partial charge on any atom is 0.261 e. The third-order valence-corrected chi connectivity index (χ3v) is 6.20. The van der Waals surface area contributed by atoms with Crippen molar-refractivity contribution in [2.24, 2.45) is 0 Å². The normalized spacial score (nSPS) is 10.9. The maximum absolute atomic E-state index is 12.7. The molecule has 32 heavy (non-hydrogen) atoms. The number of anilines is 1. The first-order valence-electron chi connectivity index (χ1n) is 9.83. The minimum absolute atomic E-state index is 0.163. The van der Waals surface area contributed by atoms with Gasteiger partial charge in [0.2, 0.25) is 5.91 Å². The molecular formula is C23H21ClN4O3S. The van der Waals surface area contributed by atoms with Crippen LogP contribution in [0.1, 0.15) is 20.9 Å². The number of aromatic nitrogens is 2.